The van der Waals surface area contributed by atoms with E-state index >= 15 is 0 Å². The van der Waals surface area contributed by atoms with Crippen molar-refractivity contribution in [2.24, 2.45) is 4.99 Å². The van der Waals surface area contributed by atoms with Gasteiger partial charge in [-0.3, -0.25) is 0 Å². The average Bonchev–Trinajstić information content (AvgIpc) is 3.10. The van der Waals surface area contributed by atoms with Crippen molar-refractivity contribution < 1.29 is 8.78 Å². The maximum atomic E-state index is 14.0. The predicted molar refractivity (Wildman–Crippen MR) is 99.6 cm³/mol. The number of rotatable bonds is 4. The molecule has 3 aromatic rings. The first-order valence-corrected chi connectivity index (χ1v) is 9.47. The molecule has 2 heterocycles. The number of hydrogen-bond donors (Lipinski definition) is 0. The summed E-state index contributed by atoms with van der Waals surface area (Å²) in [7, 11) is 0. The van der Waals surface area contributed by atoms with Gasteiger partial charge in [-0.15, -0.1) is 22.7 Å². The first-order valence-electron chi connectivity index (χ1n) is 7.43. The van der Waals surface area contributed by atoms with Crippen molar-refractivity contribution >= 4 is 45.7 Å². The van der Waals surface area contributed by atoms with E-state index in [2.05, 4.69) is 29.3 Å². The molecule has 1 nitrogen and oxygen atoms in total. The molecule has 0 aliphatic heterocycles. The van der Waals surface area contributed by atoms with Crippen LogP contribution in [0, 0.1) is 11.6 Å². The van der Waals surface area contributed by atoms with Gasteiger partial charge in [-0.2, -0.15) is 4.99 Å². The Morgan fingerprint density at radius 2 is 1.58 bits per heavy atom. The zero-order valence-electron chi connectivity index (χ0n) is 12.4. The van der Waals surface area contributed by atoms with Crippen LogP contribution < -0.4 is 0 Å². The summed E-state index contributed by atoms with van der Waals surface area (Å²) >= 11 is 7.75. The van der Waals surface area contributed by atoms with Crippen molar-refractivity contribution in [3.63, 3.8) is 0 Å². The fourth-order valence-corrected chi connectivity index (χ4v) is 4.91. The lowest BCUT2D eigenvalue weighted by Crippen LogP contribution is -1.85. The average molecular weight is 375 g/mol. The molecule has 120 valence electrons. The van der Waals surface area contributed by atoms with Gasteiger partial charge in [0.2, 0.25) is 0 Å². The number of isothiocyanates is 1. The second-order valence-electron chi connectivity index (χ2n) is 5.63. The van der Waals surface area contributed by atoms with Crippen molar-refractivity contribution in [3.8, 4) is 20.2 Å². The molecule has 0 unspecified atom stereocenters. The third-order valence-corrected chi connectivity index (χ3v) is 6.58. The molecule has 1 aliphatic rings. The minimum absolute atomic E-state index is 0.391. The van der Waals surface area contributed by atoms with E-state index < -0.39 is 17.3 Å². The molecule has 0 saturated heterocycles. The van der Waals surface area contributed by atoms with Crippen molar-refractivity contribution in [3.05, 3.63) is 52.9 Å². The van der Waals surface area contributed by atoms with E-state index in [1.165, 1.54) is 46.1 Å². The summed E-state index contributed by atoms with van der Waals surface area (Å²) in [6.07, 6.45) is 2.56. The van der Waals surface area contributed by atoms with E-state index in [0.29, 0.717) is 5.56 Å². The summed E-state index contributed by atoms with van der Waals surface area (Å²) in [6.45, 7) is 0. The number of aliphatic imine (C=N–C) groups is 1. The van der Waals surface area contributed by atoms with Gasteiger partial charge in [-0.1, -0.05) is 0 Å². The summed E-state index contributed by atoms with van der Waals surface area (Å²) in [6, 6.07) is 10.8. The number of halogens is 2. The Morgan fingerprint density at radius 3 is 2.25 bits per heavy atom. The maximum absolute atomic E-state index is 14.0. The topological polar surface area (TPSA) is 12.4 Å². The van der Waals surface area contributed by atoms with Crippen LogP contribution in [0.3, 0.4) is 0 Å². The highest BCUT2D eigenvalue weighted by atomic mass is 32.1. The van der Waals surface area contributed by atoms with E-state index in [4.69, 9.17) is 0 Å². The molecule has 0 radical (unpaired) electrons. The number of thiophene rings is 2. The van der Waals surface area contributed by atoms with Gasteiger partial charge in [0.1, 0.15) is 5.69 Å². The minimum atomic E-state index is -0.732. The molecular formula is C18H11F2NS3. The van der Waals surface area contributed by atoms with Gasteiger partial charge in [0, 0.05) is 19.5 Å². The summed E-state index contributed by atoms with van der Waals surface area (Å²) in [4.78, 5) is 8.01. The molecule has 1 fully saturated rings. The summed E-state index contributed by atoms with van der Waals surface area (Å²) in [5.74, 6) is -0.727. The first-order chi connectivity index (χ1) is 11.7. The van der Waals surface area contributed by atoms with Crippen LogP contribution in [0.2, 0.25) is 0 Å². The van der Waals surface area contributed by atoms with Gasteiger partial charge in [-0.25, -0.2) is 8.78 Å². The second kappa shape index (κ2) is 6.30. The van der Waals surface area contributed by atoms with Gasteiger partial charge in [0.25, 0.3) is 0 Å². The number of hydrogen-bond acceptors (Lipinski definition) is 4. The molecule has 0 atom stereocenters. The Bertz CT molecular complexity index is 939. The van der Waals surface area contributed by atoms with Gasteiger partial charge >= 0.3 is 0 Å². The third kappa shape index (κ3) is 2.98. The molecule has 2 aromatic heterocycles. The molecule has 0 N–H and O–H groups in total. The van der Waals surface area contributed by atoms with Crippen LogP contribution in [0.15, 0.2) is 41.4 Å². The molecule has 1 aromatic carbocycles. The molecule has 6 heteroatoms. The zero-order valence-corrected chi connectivity index (χ0v) is 14.8. The molecule has 0 spiro atoms. The fourth-order valence-electron chi connectivity index (χ4n) is 2.56. The van der Waals surface area contributed by atoms with Crippen LogP contribution in [0.4, 0.5) is 14.5 Å². The van der Waals surface area contributed by atoms with Crippen LogP contribution in [0.25, 0.3) is 20.2 Å². The normalized spacial score (nSPS) is 13.8. The third-order valence-electron chi connectivity index (χ3n) is 3.91. The Kier molecular flexibility index (Phi) is 4.14. The lowest BCUT2D eigenvalue weighted by atomic mass is 10.1. The van der Waals surface area contributed by atoms with E-state index in [0.717, 1.165) is 15.7 Å². The van der Waals surface area contributed by atoms with Gasteiger partial charge in [-0.05, 0) is 72.9 Å². The predicted octanol–water partition coefficient (Wildman–Crippen LogP) is 7.03. The SMILES string of the molecule is Fc1cc(-c2ccc(-c3ccc(C4CC4)s3)s2)cc(F)c1N=C=S. The number of benzene rings is 1. The quantitative estimate of drug-likeness (QED) is 0.352. The number of nitrogens with zero attached hydrogens (tertiary/aromatic N) is 1. The lowest BCUT2D eigenvalue weighted by molar-refractivity contribution is 0.588. The second-order valence-corrected chi connectivity index (χ2v) is 8.01. The highest BCUT2D eigenvalue weighted by Gasteiger charge is 2.25. The van der Waals surface area contributed by atoms with Crippen molar-refractivity contribution in [1.82, 2.24) is 0 Å². The Balaban J connectivity index is 1.68. The maximum Gasteiger partial charge on any atom is 0.153 e. The Labute approximate surface area is 151 Å². The fraction of sp³-hybridized carbons (Fsp3) is 0.167. The minimum Gasteiger partial charge on any atom is -0.204 e. The van der Waals surface area contributed by atoms with E-state index in [9.17, 15) is 8.78 Å². The van der Waals surface area contributed by atoms with Crippen LogP contribution in [-0.2, 0) is 0 Å². The van der Waals surface area contributed by atoms with Crippen molar-refractivity contribution in [2.75, 3.05) is 0 Å². The smallest absolute Gasteiger partial charge is 0.153 e. The molecule has 0 amide bonds. The monoisotopic (exact) mass is 375 g/mol. The Hall–Kier alpha value is -1.72. The first kappa shape index (κ1) is 15.8. The standard InChI is InChI=1S/C18H11F2NS3/c19-12-7-11(8-13(20)18(12)21-9-22)15-4-6-17(24-15)16-5-3-14(23-16)10-1-2-10/h3-8,10H,1-2H2. The van der Waals surface area contributed by atoms with E-state index in [-0.39, 0.29) is 0 Å². The molecule has 4 rings (SSSR count). The van der Waals surface area contributed by atoms with Crippen LogP contribution in [-0.4, -0.2) is 5.16 Å². The van der Waals surface area contributed by atoms with E-state index in [1.54, 1.807) is 0 Å². The number of thiocarbonyl (C=S) groups is 1. The lowest BCUT2D eigenvalue weighted by Gasteiger charge is -2.02. The van der Waals surface area contributed by atoms with Gasteiger partial charge in [0.05, 0.1) is 5.16 Å². The Morgan fingerprint density at radius 1 is 0.958 bits per heavy atom. The van der Waals surface area contributed by atoms with E-state index in [1.807, 2.05) is 28.6 Å². The van der Waals surface area contributed by atoms with Crippen LogP contribution >= 0.6 is 34.9 Å². The van der Waals surface area contributed by atoms with Crippen molar-refractivity contribution in [2.45, 2.75) is 18.8 Å². The summed E-state index contributed by atoms with van der Waals surface area (Å²) in [5.41, 5.74) is 0.112. The summed E-state index contributed by atoms with van der Waals surface area (Å²) in [5, 5.41) is 2.00. The van der Waals surface area contributed by atoms with Crippen LogP contribution in [0.1, 0.15) is 23.6 Å². The molecule has 0 bridgehead atoms. The zero-order chi connectivity index (χ0) is 16.7. The molecule has 1 saturated carbocycles. The van der Waals surface area contributed by atoms with Crippen LogP contribution in [0.5, 0.6) is 0 Å². The summed E-state index contributed by atoms with van der Waals surface area (Å²) < 4.78 is 28.0. The highest BCUT2D eigenvalue weighted by molar-refractivity contribution is 7.78. The molecule has 1 aliphatic carbocycles. The highest BCUT2D eigenvalue weighted by Crippen LogP contribution is 2.46. The van der Waals surface area contributed by atoms with Crippen molar-refractivity contribution in [1.29, 1.82) is 0 Å². The largest absolute Gasteiger partial charge is 0.204 e. The van der Waals surface area contributed by atoms with Gasteiger partial charge < -0.3 is 0 Å². The van der Waals surface area contributed by atoms with Gasteiger partial charge in [0.15, 0.2) is 11.6 Å². The molecular weight excluding hydrogens is 364 g/mol. The molecule has 24 heavy (non-hydrogen) atoms.